The van der Waals surface area contributed by atoms with Gasteiger partial charge in [-0.2, -0.15) is 5.26 Å². The van der Waals surface area contributed by atoms with E-state index in [4.69, 9.17) is 4.98 Å². The number of aryl methyl sites for hydroxylation is 3. The Morgan fingerprint density at radius 1 is 1.00 bits per heavy atom. The maximum atomic E-state index is 13.8. The Bertz CT molecular complexity index is 1560. The molecule has 6 nitrogen and oxygen atoms in total. The van der Waals surface area contributed by atoms with E-state index in [2.05, 4.69) is 11.4 Å². The van der Waals surface area contributed by atoms with E-state index in [1.165, 1.54) is 25.7 Å². The number of nitrogens with one attached hydrogen (secondary N) is 1. The number of anilines is 1. The number of hydrogen-bond acceptors (Lipinski definition) is 6. The number of hydrogen-bond donors (Lipinski definition) is 1. The second-order valence-corrected chi connectivity index (χ2v) is 11.3. The van der Waals surface area contributed by atoms with Crippen LogP contribution in [0, 0.1) is 11.3 Å². The molecule has 4 aromatic rings. The normalized spacial score (nSPS) is 14.8. The lowest BCUT2D eigenvalue weighted by atomic mass is 9.96. The molecule has 0 atom stereocenters. The molecule has 0 aliphatic heterocycles. The van der Waals surface area contributed by atoms with Gasteiger partial charge in [-0.1, -0.05) is 30.3 Å². The van der Waals surface area contributed by atoms with Gasteiger partial charge in [-0.15, -0.1) is 22.7 Å². The summed E-state index contributed by atoms with van der Waals surface area (Å²) in [6.45, 7) is -0.149. The summed E-state index contributed by atoms with van der Waals surface area (Å²) in [5, 5.41) is 14.0. The van der Waals surface area contributed by atoms with Crippen molar-refractivity contribution in [3.8, 4) is 17.5 Å². The smallest absolute Gasteiger partial charge is 0.263 e. The van der Waals surface area contributed by atoms with Gasteiger partial charge < -0.3 is 5.32 Å². The largest absolute Gasteiger partial charge is 0.315 e. The number of amides is 1. The molecule has 1 N–H and O–H groups in total. The highest BCUT2D eigenvalue weighted by molar-refractivity contribution is 7.18. The van der Waals surface area contributed by atoms with Crippen molar-refractivity contribution in [2.45, 2.75) is 57.9 Å². The predicted molar refractivity (Wildman–Crippen MR) is 140 cm³/mol. The lowest BCUT2D eigenvalue weighted by Crippen LogP contribution is -2.30. The predicted octanol–water partition coefficient (Wildman–Crippen LogP) is 5.45. The minimum Gasteiger partial charge on any atom is -0.315 e. The molecule has 0 radical (unpaired) electrons. The Morgan fingerprint density at radius 2 is 1.69 bits per heavy atom. The number of nitriles is 1. The monoisotopic (exact) mass is 500 g/mol. The number of carbonyl (C=O) groups excluding carboxylic acids is 1. The second kappa shape index (κ2) is 9.06. The van der Waals surface area contributed by atoms with Gasteiger partial charge in [0.05, 0.1) is 10.9 Å². The third kappa shape index (κ3) is 3.89. The Hall–Kier alpha value is -3.28. The summed E-state index contributed by atoms with van der Waals surface area (Å²) in [4.78, 5) is 35.2. The number of aromatic nitrogens is 2. The molecule has 0 unspecified atom stereocenters. The summed E-state index contributed by atoms with van der Waals surface area (Å²) in [7, 11) is 0. The molecule has 1 aromatic carbocycles. The Kier molecular flexibility index (Phi) is 5.75. The summed E-state index contributed by atoms with van der Waals surface area (Å²) in [6.07, 6.45) is 8.08. The molecule has 0 bridgehead atoms. The maximum Gasteiger partial charge on any atom is 0.263 e. The number of nitrogens with zero attached hydrogens (tertiary/aromatic N) is 3. The van der Waals surface area contributed by atoms with Crippen LogP contribution in [0.2, 0.25) is 0 Å². The van der Waals surface area contributed by atoms with E-state index in [1.54, 1.807) is 11.3 Å². The van der Waals surface area contributed by atoms with Gasteiger partial charge in [0, 0.05) is 15.3 Å². The van der Waals surface area contributed by atoms with E-state index >= 15 is 0 Å². The van der Waals surface area contributed by atoms with Gasteiger partial charge in [0.1, 0.15) is 28.3 Å². The van der Waals surface area contributed by atoms with Gasteiger partial charge in [0.2, 0.25) is 5.91 Å². The summed E-state index contributed by atoms with van der Waals surface area (Å²) < 4.78 is 1.51. The first-order valence-electron chi connectivity index (χ1n) is 12.1. The van der Waals surface area contributed by atoms with E-state index in [-0.39, 0.29) is 18.0 Å². The molecule has 1 amide bonds. The zero-order chi connectivity index (χ0) is 23.9. The molecule has 2 aliphatic rings. The van der Waals surface area contributed by atoms with E-state index < -0.39 is 0 Å². The molecule has 0 saturated heterocycles. The molecule has 35 heavy (non-hydrogen) atoms. The highest BCUT2D eigenvalue weighted by atomic mass is 32.1. The van der Waals surface area contributed by atoms with Crippen LogP contribution < -0.4 is 10.9 Å². The third-order valence-corrected chi connectivity index (χ3v) is 9.34. The van der Waals surface area contributed by atoms with E-state index in [0.29, 0.717) is 21.8 Å². The Labute approximate surface area is 210 Å². The van der Waals surface area contributed by atoms with Crippen molar-refractivity contribution < 1.29 is 4.79 Å². The van der Waals surface area contributed by atoms with Gasteiger partial charge in [0.15, 0.2) is 0 Å². The van der Waals surface area contributed by atoms with Crippen LogP contribution in [0.4, 0.5) is 5.00 Å². The summed E-state index contributed by atoms with van der Waals surface area (Å²) in [5.41, 5.74) is 3.41. The van der Waals surface area contributed by atoms with Crippen LogP contribution in [0.3, 0.4) is 0 Å². The second-order valence-electron chi connectivity index (χ2n) is 9.16. The molecule has 2 aliphatic carbocycles. The maximum absolute atomic E-state index is 13.8. The SMILES string of the molecule is N#Cc1c(NC(=O)Cn2c(-c3ccccc3)nc3sc4c(c3c2=O)CCCC4)sc2c1CCCC2. The first kappa shape index (κ1) is 22.2. The van der Waals surface area contributed by atoms with E-state index in [9.17, 15) is 14.9 Å². The summed E-state index contributed by atoms with van der Waals surface area (Å²) in [5.74, 6) is 0.187. The van der Waals surface area contributed by atoms with Crippen LogP contribution in [0.25, 0.3) is 21.6 Å². The van der Waals surface area contributed by atoms with E-state index in [0.717, 1.165) is 72.9 Å². The first-order chi connectivity index (χ1) is 17.1. The van der Waals surface area contributed by atoms with Crippen LogP contribution in [-0.4, -0.2) is 15.5 Å². The molecule has 0 fully saturated rings. The average Bonchev–Trinajstić information content (AvgIpc) is 3.43. The van der Waals surface area contributed by atoms with Gasteiger partial charge in [-0.25, -0.2) is 4.98 Å². The van der Waals surface area contributed by atoms with Crippen LogP contribution in [-0.2, 0) is 37.0 Å². The van der Waals surface area contributed by atoms with Gasteiger partial charge in [-0.3, -0.25) is 14.2 Å². The fourth-order valence-corrected chi connectivity index (χ4v) is 7.78. The van der Waals surface area contributed by atoms with Crippen LogP contribution in [0.1, 0.15) is 52.1 Å². The number of carbonyl (C=O) groups is 1. The topological polar surface area (TPSA) is 87.8 Å². The van der Waals surface area contributed by atoms with Crippen molar-refractivity contribution >= 4 is 43.8 Å². The van der Waals surface area contributed by atoms with Crippen molar-refractivity contribution in [3.05, 3.63) is 67.1 Å². The molecule has 0 saturated carbocycles. The number of benzene rings is 1. The molecular weight excluding hydrogens is 476 g/mol. The lowest BCUT2D eigenvalue weighted by molar-refractivity contribution is -0.116. The van der Waals surface area contributed by atoms with Gasteiger partial charge in [0.25, 0.3) is 5.56 Å². The highest BCUT2D eigenvalue weighted by Gasteiger charge is 2.25. The zero-order valence-corrected chi connectivity index (χ0v) is 20.9. The molecule has 6 rings (SSSR count). The number of rotatable bonds is 4. The fourth-order valence-electron chi connectivity index (χ4n) is 5.27. The Morgan fingerprint density at radius 3 is 2.43 bits per heavy atom. The van der Waals surface area contributed by atoms with Crippen LogP contribution in [0.15, 0.2) is 35.1 Å². The zero-order valence-electron chi connectivity index (χ0n) is 19.2. The molecule has 0 spiro atoms. The van der Waals surface area contributed by atoms with Crippen molar-refractivity contribution in [1.82, 2.24) is 9.55 Å². The first-order valence-corrected chi connectivity index (χ1v) is 13.7. The third-order valence-electron chi connectivity index (χ3n) is 6.94. The van der Waals surface area contributed by atoms with Crippen molar-refractivity contribution in [1.29, 1.82) is 5.26 Å². The van der Waals surface area contributed by atoms with Crippen LogP contribution in [0.5, 0.6) is 0 Å². The van der Waals surface area contributed by atoms with Gasteiger partial charge >= 0.3 is 0 Å². The molecule has 3 heterocycles. The molecule has 176 valence electrons. The van der Waals surface area contributed by atoms with Crippen LogP contribution >= 0.6 is 22.7 Å². The Balaban J connectivity index is 1.42. The minimum absolute atomic E-state index is 0.149. The number of thiophene rings is 2. The highest BCUT2D eigenvalue weighted by Crippen LogP contribution is 2.38. The number of fused-ring (bicyclic) bond motifs is 4. The van der Waals surface area contributed by atoms with Crippen molar-refractivity contribution in [3.63, 3.8) is 0 Å². The van der Waals surface area contributed by atoms with E-state index in [1.807, 2.05) is 30.3 Å². The average molecular weight is 501 g/mol. The van der Waals surface area contributed by atoms with Crippen molar-refractivity contribution in [2.75, 3.05) is 5.32 Å². The molecule has 3 aromatic heterocycles. The lowest BCUT2D eigenvalue weighted by Gasteiger charge is -2.14. The van der Waals surface area contributed by atoms with Crippen molar-refractivity contribution in [2.24, 2.45) is 0 Å². The molecular formula is C27H24N4O2S2. The fraction of sp³-hybridized carbons (Fsp3) is 0.333. The van der Waals surface area contributed by atoms with Gasteiger partial charge in [-0.05, 0) is 62.5 Å². The quantitative estimate of drug-likeness (QED) is 0.403. The molecule has 8 heteroatoms. The summed E-state index contributed by atoms with van der Waals surface area (Å²) >= 11 is 3.11. The minimum atomic E-state index is -0.315. The standard InChI is InChI=1S/C27H24N4O2S2/c28-14-19-17-10-4-6-12-20(17)34-25(19)29-22(32)15-31-24(16-8-2-1-3-9-16)30-26-23(27(31)33)18-11-5-7-13-21(18)35-26/h1-3,8-9H,4-7,10-13,15H2,(H,29,32). The summed E-state index contributed by atoms with van der Waals surface area (Å²) in [6, 6.07) is 11.9.